The van der Waals surface area contributed by atoms with Gasteiger partial charge in [0.15, 0.2) is 0 Å². The average molecular weight is 489 g/mol. The van der Waals surface area contributed by atoms with Gasteiger partial charge in [-0.3, -0.25) is 0 Å². The topological polar surface area (TPSA) is 69.9 Å². The van der Waals surface area contributed by atoms with Gasteiger partial charge < -0.3 is 0 Å². The van der Waals surface area contributed by atoms with Crippen LogP contribution in [0.25, 0.3) is 0 Å². The van der Waals surface area contributed by atoms with Crippen LogP contribution in [0.4, 0.5) is 0 Å². The maximum absolute atomic E-state index is 12.3. The van der Waals surface area contributed by atoms with Gasteiger partial charge in [0.2, 0.25) is 0 Å². The molecule has 2 amide bonds. The van der Waals surface area contributed by atoms with Crippen molar-refractivity contribution in [2.24, 2.45) is 5.92 Å². The summed E-state index contributed by atoms with van der Waals surface area (Å²) in [5.74, 6) is -0.797. The van der Waals surface area contributed by atoms with E-state index in [1.165, 1.54) is 16.9 Å². The summed E-state index contributed by atoms with van der Waals surface area (Å²) < 4.78 is 6.81. The van der Waals surface area contributed by atoms with E-state index in [0.29, 0.717) is 26.1 Å². The number of carbonyl (C=O) groups excluding carboxylic acids is 3. The zero-order chi connectivity index (χ0) is 16.3. The predicted molar refractivity (Wildman–Crippen MR) is 77.3 cm³/mol. The predicted octanol–water partition coefficient (Wildman–Crippen LogP) is -1.13. The molecule has 0 bridgehead atoms. The third kappa shape index (κ3) is 4.63. The molecule has 1 aliphatic heterocycles. The molecule has 1 rings (SSSR count). The number of nitrogens with zero attached hydrogens (tertiary/aromatic N) is 3. The zero-order valence-corrected chi connectivity index (χ0v) is 17.7. The first-order chi connectivity index (χ1) is 9.70. The molecule has 1 aliphatic rings. The molecule has 0 aromatic carbocycles. The summed E-state index contributed by atoms with van der Waals surface area (Å²) >= 11 is 0.653. The molecule has 3 atom stereocenters. The van der Waals surface area contributed by atoms with E-state index in [1.54, 1.807) is 14.1 Å². The van der Waals surface area contributed by atoms with Crippen LogP contribution >= 0.6 is 0 Å². The third-order valence-electron chi connectivity index (χ3n) is 3.57. The number of hydrogen-bond acceptors (Lipinski definition) is 5. The van der Waals surface area contributed by atoms with E-state index < -0.39 is 12.0 Å². The zero-order valence-electron chi connectivity index (χ0n) is 13.2. The molecule has 116 valence electrons. The SMILES string of the molecule is COC(=O)[C@H](C(C)C)N(C)C(=O)CN(C)C(=O)[C@H]1C[N]1[Tl]. The Morgan fingerprint density at radius 3 is 2.24 bits per heavy atom. The van der Waals surface area contributed by atoms with Crippen molar-refractivity contribution in [1.82, 2.24) is 12.5 Å². The Balaban J connectivity index is 2.64. The summed E-state index contributed by atoms with van der Waals surface area (Å²) in [7, 11) is 4.49. The Morgan fingerprint density at radius 1 is 1.33 bits per heavy atom. The van der Waals surface area contributed by atoms with Crippen LogP contribution in [0.1, 0.15) is 13.8 Å². The van der Waals surface area contributed by atoms with Gasteiger partial charge in [-0.05, 0) is 0 Å². The molecule has 1 saturated heterocycles. The second kappa shape index (κ2) is 7.52. The molecule has 0 spiro atoms. The van der Waals surface area contributed by atoms with Crippen molar-refractivity contribution in [2.45, 2.75) is 25.9 Å². The van der Waals surface area contributed by atoms with Crippen LogP contribution in [-0.2, 0) is 19.1 Å². The van der Waals surface area contributed by atoms with Crippen molar-refractivity contribution < 1.29 is 19.1 Å². The number of carbonyl (C=O) groups is 3. The Bertz CT molecular complexity index is 430. The average Bonchev–Trinajstić information content (AvgIpc) is 3.13. The van der Waals surface area contributed by atoms with Crippen molar-refractivity contribution >= 4 is 43.8 Å². The quantitative estimate of drug-likeness (QED) is 0.269. The van der Waals surface area contributed by atoms with Gasteiger partial charge in [0, 0.05) is 0 Å². The van der Waals surface area contributed by atoms with Crippen LogP contribution in [0.3, 0.4) is 0 Å². The molecule has 1 heterocycles. The van der Waals surface area contributed by atoms with Gasteiger partial charge in [-0.25, -0.2) is 0 Å². The summed E-state index contributed by atoms with van der Waals surface area (Å²) in [6, 6.07) is -0.678. The molecule has 1 unspecified atom stereocenters. The molecule has 8 heteroatoms. The fraction of sp³-hybridized carbons (Fsp3) is 0.769. The number of methoxy groups -OCH3 is 1. The van der Waals surface area contributed by atoms with E-state index in [0.717, 1.165) is 6.54 Å². The first-order valence-electron chi connectivity index (χ1n) is 6.80. The van der Waals surface area contributed by atoms with Crippen LogP contribution in [-0.4, -0.2) is 103 Å². The second-order valence-electron chi connectivity index (χ2n) is 5.62. The van der Waals surface area contributed by atoms with Crippen molar-refractivity contribution in [3.63, 3.8) is 0 Å². The van der Waals surface area contributed by atoms with Crippen LogP contribution in [0, 0.1) is 5.92 Å². The molecular formula is C13H22N3O4Tl. The van der Waals surface area contributed by atoms with Gasteiger partial charge in [-0.2, -0.15) is 0 Å². The second-order valence-corrected chi connectivity index (χ2v) is 8.20. The fourth-order valence-corrected chi connectivity index (χ4v) is 3.44. The number of ether oxygens (including phenoxy) is 1. The van der Waals surface area contributed by atoms with Crippen LogP contribution in [0.5, 0.6) is 0 Å². The number of amides is 2. The van der Waals surface area contributed by atoms with Gasteiger partial charge in [-0.15, -0.1) is 0 Å². The Labute approximate surface area is 141 Å². The van der Waals surface area contributed by atoms with Crippen LogP contribution < -0.4 is 0 Å². The molecule has 0 saturated carbocycles. The van der Waals surface area contributed by atoms with Gasteiger partial charge >= 0.3 is 142 Å². The van der Waals surface area contributed by atoms with Gasteiger partial charge in [0.25, 0.3) is 0 Å². The van der Waals surface area contributed by atoms with E-state index in [1.807, 2.05) is 13.8 Å². The standard InChI is InChI=1S/C13H22N3O4.Tl/c1-8(2)11(13(19)20-5)16(4)10(17)7-15(3)12(18)9-6-14-9;/h8-9,11H,6-7H2,1-5H3;/q-1;+1/t9-,11+;/m1./s1. The number of rotatable bonds is 6. The summed E-state index contributed by atoms with van der Waals surface area (Å²) in [5, 5.41) is 0. The first kappa shape index (κ1) is 18.3. The van der Waals surface area contributed by atoms with E-state index in [2.05, 4.69) is 2.71 Å². The molecular weight excluding hydrogens is 467 g/mol. The summed E-state index contributed by atoms with van der Waals surface area (Å²) in [6.45, 7) is 4.48. The Hall–Kier alpha value is -0.708. The molecule has 0 radical (unpaired) electrons. The van der Waals surface area contributed by atoms with Crippen molar-refractivity contribution in [1.29, 1.82) is 0 Å². The molecule has 1 fully saturated rings. The minimum absolute atomic E-state index is 0.0233. The Kier molecular flexibility index (Phi) is 6.57. The van der Waals surface area contributed by atoms with E-state index in [9.17, 15) is 14.4 Å². The van der Waals surface area contributed by atoms with E-state index >= 15 is 0 Å². The molecule has 0 aliphatic carbocycles. The summed E-state index contributed by atoms with van der Waals surface area (Å²) in [4.78, 5) is 38.9. The van der Waals surface area contributed by atoms with Crippen LogP contribution in [0.2, 0.25) is 0 Å². The fourth-order valence-electron chi connectivity index (χ4n) is 2.17. The number of esters is 1. The third-order valence-corrected chi connectivity index (χ3v) is 5.79. The molecule has 0 aromatic rings. The maximum atomic E-state index is 12.3. The molecule has 0 aromatic heterocycles. The Morgan fingerprint density at radius 2 is 1.86 bits per heavy atom. The van der Waals surface area contributed by atoms with Crippen molar-refractivity contribution in [2.75, 3.05) is 34.3 Å². The van der Waals surface area contributed by atoms with Gasteiger partial charge in [0.1, 0.15) is 0 Å². The summed E-state index contributed by atoms with van der Waals surface area (Å²) in [5.41, 5.74) is 0. The molecule has 0 N–H and O–H groups in total. The van der Waals surface area contributed by atoms with Gasteiger partial charge in [0.05, 0.1) is 0 Å². The molecule has 7 nitrogen and oxygen atoms in total. The van der Waals surface area contributed by atoms with Crippen molar-refractivity contribution in [3.8, 4) is 0 Å². The van der Waals surface area contributed by atoms with E-state index in [4.69, 9.17) is 4.74 Å². The van der Waals surface area contributed by atoms with Crippen molar-refractivity contribution in [3.05, 3.63) is 0 Å². The normalized spacial score (nSPS) is 21.6. The number of hydrogen-bond donors (Lipinski definition) is 0. The van der Waals surface area contributed by atoms with E-state index in [-0.39, 0.29) is 30.3 Å². The first-order valence-corrected chi connectivity index (χ1v) is 8.81. The summed E-state index contributed by atoms with van der Waals surface area (Å²) in [6.07, 6.45) is 0. The monoisotopic (exact) mass is 489 g/mol. The molecule has 21 heavy (non-hydrogen) atoms. The minimum atomic E-state index is -0.636. The van der Waals surface area contributed by atoms with Gasteiger partial charge in [-0.1, -0.05) is 0 Å². The number of likely N-dealkylation sites (N-methyl/N-ethyl adjacent to an activating group) is 2. The van der Waals surface area contributed by atoms with Crippen LogP contribution in [0.15, 0.2) is 0 Å².